The third-order valence-electron chi connectivity index (χ3n) is 5.18. The number of anilines is 1. The van der Waals surface area contributed by atoms with E-state index >= 15 is 0 Å². The third-order valence-corrected chi connectivity index (χ3v) is 5.18. The highest BCUT2D eigenvalue weighted by molar-refractivity contribution is 5.75. The molecule has 4 N–H and O–H groups in total. The van der Waals surface area contributed by atoms with Crippen molar-refractivity contribution in [2.45, 2.75) is 43.9 Å². The molecule has 15 heteroatoms. The minimum absolute atomic E-state index is 0.0130. The molecule has 12 nitrogen and oxygen atoms in total. The molecule has 1 amide bonds. The normalized spacial score (nSPS) is 22.1. The van der Waals surface area contributed by atoms with Gasteiger partial charge in [0.15, 0.2) is 0 Å². The second kappa shape index (κ2) is 16.7. The van der Waals surface area contributed by atoms with Gasteiger partial charge >= 0.3 is 6.18 Å². The van der Waals surface area contributed by atoms with Crippen molar-refractivity contribution in [3.8, 4) is 0 Å². The first-order valence-electron chi connectivity index (χ1n) is 11.9. The molecule has 2 rings (SSSR count). The Labute approximate surface area is 212 Å². The monoisotopic (exact) mass is 540 g/mol. The van der Waals surface area contributed by atoms with Crippen molar-refractivity contribution in [2.75, 3.05) is 71.3 Å². The quantitative estimate of drug-likeness (QED) is 0.197. The number of aliphatic hydroxyl groups is 2. The highest BCUT2D eigenvalue weighted by atomic mass is 19.4. The third kappa shape index (κ3) is 11.8. The van der Waals surface area contributed by atoms with Crippen LogP contribution < -0.4 is 10.6 Å². The van der Waals surface area contributed by atoms with E-state index in [-0.39, 0.29) is 38.3 Å². The van der Waals surface area contributed by atoms with Crippen LogP contribution in [0.15, 0.2) is 12.3 Å². The predicted octanol–water partition coefficient (Wildman–Crippen LogP) is -0.0109. The number of alkyl halides is 3. The van der Waals surface area contributed by atoms with E-state index < -0.39 is 36.2 Å². The minimum atomic E-state index is -4.63. The van der Waals surface area contributed by atoms with Gasteiger partial charge in [0.05, 0.1) is 65.5 Å². The van der Waals surface area contributed by atoms with Crippen molar-refractivity contribution >= 4 is 11.9 Å². The lowest BCUT2D eigenvalue weighted by atomic mass is 9.98. The summed E-state index contributed by atoms with van der Waals surface area (Å²) in [5.74, 6) is -0.356. The summed E-state index contributed by atoms with van der Waals surface area (Å²) in [5, 5.41) is 25.9. The summed E-state index contributed by atoms with van der Waals surface area (Å²) in [5.41, 5.74) is -1.13. The Morgan fingerprint density at radius 3 is 2.30 bits per heavy atom. The van der Waals surface area contributed by atoms with E-state index in [0.717, 1.165) is 12.3 Å². The molecule has 4 atom stereocenters. The maximum absolute atomic E-state index is 12.8. The van der Waals surface area contributed by atoms with Crippen LogP contribution in [-0.4, -0.2) is 116 Å². The van der Waals surface area contributed by atoms with Crippen molar-refractivity contribution in [3.05, 3.63) is 18.0 Å². The largest absolute Gasteiger partial charge is 0.433 e. The Morgan fingerprint density at radius 2 is 1.68 bits per heavy atom. The summed E-state index contributed by atoms with van der Waals surface area (Å²) in [6, 6.07) is -0.182. The number of aromatic nitrogens is 2. The van der Waals surface area contributed by atoms with Crippen LogP contribution >= 0.6 is 0 Å². The molecule has 1 aliphatic heterocycles. The summed E-state index contributed by atoms with van der Waals surface area (Å²) >= 11 is 0. The van der Waals surface area contributed by atoms with E-state index in [1.165, 1.54) is 0 Å². The van der Waals surface area contributed by atoms with E-state index in [2.05, 4.69) is 20.6 Å². The van der Waals surface area contributed by atoms with E-state index in [1.54, 1.807) is 6.92 Å². The predicted molar refractivity (Wildman–Crippen MR) is 123 cm³/mol. The van der Waals surface area contributed by atoms with Crippen molar-refractivity contribution in [1.82, 2.24) is 15.3 Å². The number of nitrogens with one attached hydrogen (secondary N) is 2. The molecule has 0 saturated carbocycles. The van der Waals surface area contributed by atoms with Crippen molar-refractivity contribution in [1.29, 1.82) is 0 Å². The zero-order valence-electron chi connectivity index (χ0n) is 20.6. The van der Waals surface area contributed by atoms with Crippen molar-refractivity contribution in [2.24, 2.45) is 0 Å². The van der Waals surface area contributed by atoms with Gasteiger partial charge in [-0.15, -0.1) is 0 Å². The van der Waals surface area contributed by atoms with E-state index in [0.29, 0.717) is 46.0 Å². The van der Waals surface area contributed by atoms with Crippen molar-refractivity contribution < 1.29 is 51.9 Å². The van der Waals surface area contributed by atoms with Gasteiger partial charge < -0.3 is 44.5 Å². The number of hydrogen-bond acceptors (Lipinski definition) is 11. The molecule has 0 aromatic carbocycles. The Morgan fingerprint density at radius 1 is 1.05 bits per heavy atom. The molecule has 0 radical (unpaired) electrons. The van der Waals surface area contributed by atoms with Gasteiger partial charge in [0.1, 0.15) is 24.0 Å². The van der Waals surface area contributed by atoms with E-state index in [4.69, 9.17) is 23.7 Å². The SMILES string of the molecule is CCC(=O)NCCOCCOCCOCCOC[C@H]1OC[C@H](Nc2nccc(C(F)(F)F)n2)[C@@H](O)[C@H]1O. The fraction of sp³-hybridized carbons (Fsp3) is 0.773. The Bertz CT molecular complexity index is 793. The molecule has 37 heavy (non-hydrogen) atoms. The van der Waals surface area contributed by atoms with Crippen LogP contribution in [0.5, 0.6) is 0 Å². The molecular formula is C22H35F3N4O8. The van der Waals surface area contributed by atoms with Gasteiger partial charge in [0.25, 0.3) is 0 Å². The molecule has 0 spiro atoms. The van der Waals surface area contributed by atoms with Gasteiger partial charge in [-0.2, -0.15) is 13.2 Å². The van der Waals surface area contributed by atoms with Gasteiger partial charge in [0.2, 0.25) is 11.9 Å². The maximum atomic E-state index is 12.8. The molecule has 0 bridgehead atoms. The molecule has 2 heterocycles. The molecule has 1 aromatic rings. The summed E-state index contributed by atoms with van der Waals surface area (Å²) in [4.78, 5) is 18.1. The Balaban J connectivity index is 1.50. The second-order valence-corrected chi connectivity index (χ2v) is 7.98. The fourth-order valence-electron chi connectivity index (χ4n) is 3.15. The zero-order chi connectivity index (χ0) is 27.1. The van der Waals surface area contributed by atoms with Gasteiger partial charge in [-0.25, -0.2) is 9.97 Å². The first-order valence-corrected chi connectivity index (χ1v) is 11.9. The summed E-state index contributed by atoms with van der Waals surface area (Å²) in [6.07, 6.45) is -6.75. The standard InChI is InChI=1S/C22H35F3N4O8/c1-2-18(30)26-5-6-33-7-8-34-9-10-35-11-12-36-14-16-20(32)19(31)15(13-37-16)28-21-27-4-3-17(29-21)22(23,24)25/h3-4,15-16,19-20,31-32H,2,5-14H2,1H3,(H,26,30)(H,27,28,29)/t15-,16+,19+,20-/m0/s1. The summed E-state index contributed by atoms with van der Waals surface area (Å²) < 4.78 is 65.4. The van der Waals surface area contributed by atoms with E-state index in [1.807, 2.05) is 0 Å². The van der Waals surface area contributed by atoms with Gasteiger partial charge in [-0.3, -0.25) is 4.79 Å². The average Bonchev–Trinajstić information content (AvgIpc) is 2.87. The smallest absolute Gasteiger partial charge is 0.388 e. The molecule has 1 saturated heterocycles. The van der Waals surface area contributed by atoms with Crippen LogP contribution in [0.3, 0.4) is 0 Å². The summed E-state index contributed by atoms with van der Waals surface area (Å²) in [7, 11) is 0. The number of nitrogens with zero attached hydrogens (tertiary/aromatic N) is 2. The van der Waals surface area contributed by atoms with E-state index in [9.17, 15) is 28.2 Å². The van der Waals surface area contributed by atoms with Crippen LogP contribution in [0.4, 0.5) is 19.1 Å². The molecule has 1 aliphatic rings. The number of hydrogen-bond donors (Lipinski definition) is 4. The average molecular weight is 541 g/mol. The molecular weight excluding hydrogens is 505 g/mol. The Kier molecular flexibility index (Phi) is 14.0. The molecule has 0 aliphatic carbocycles. The van der Waals surface area contributed by atoms with Gasteiger partial charge in [-0.1, -0.05) is 6.92 Å². The van der Waals surface area contributed by atoms with Gasteiger partial charge in [0, 0.05) is 19.2 Å². The number of carbonyl (C=O) groups is 1. The minimum Gasteiger partial charge on any atom is -0.388 e. The number of ether oxygens (including phenoxy) is 5. The lowest BCUT2D eigenvalue weighted by molar-refractivity contribution is -0.161. The first kappa shape index (κ1) is 31.1. The molecule has 0 unspecified atom stereocenters. The number of carbonyl (C=O) groups excluding carboxylic acids is 1. The van der Waals surface area contributed by atoms with Crippen LogP contribution in [0.2, 0.25) is 0 Å². The topological polar surface area (TPSA) is 154 Å². The molecule has 212 valence electrons. The van der Waals surface area contributed by atoms with Crippen molar-refractivity contribution in [3.63, 3.8) is 0 Å². The highest BCUT2D eigenvalue weighted by Gasteiger charge is 2.39. The lowest BCUT2D eigenvalue weighted by Gasteiger charge is -2.37. The Hall–Kier alpha value is -2.14. The molecule has 1 aromatic heterocycles. The van der Waals surface area contributed by atoms with Gasteiger partial charge in [-0.05, 0) is 6.07 Å². The highest BCUT2D eigenvalue weighted by Crippen LogP contribution is 2.28. The van der Waals surface area contributed by atoms with Crippen LogP contribution in [0.1, 0.15) is 19.0 Å². The first-order chi connectivity index (χ1) is 17.7. The number of amides is 1. The second-order valence-electron chi connectivity index (χ2n) is 7.98. The van der Waals surface area contributed by atoms with Crippen LogP contribution in [-0.2, 0) is 34.7 Å². The lowest BCUT2D eigenvalue weighted by Crippen LogP contribution is -2.57. The van der Waals surface area contributed by atoms with Crippen LogP contribution in [0, 0.1) is 0 Å². The number of halogens is 3. The number of rotatable bonds is 17. The fourth-order valence-corrected chi connectivity index (χ4v) is 3.15. The summed E-state index contributed by atoms with van der Waals surface area (Å²) in [6.45, 7) is 4.57. The number of aliphatic hydroxyl groups excluding tert-OH is 2. The zero-order valence-corrected chi connectivity index (χ0v) is 20.6. The maximum Gasteiger partial charge on any atom is 0.433 e. The molecule has 1 fully saturated rings. The van der Waals surface area contributed by atoms with Crippen LogP contribution in [0.25, 0.3) is 0 Å².